The molecule has 1 rings (SSSR count). The molecule has 20 heavy (non-hydrogen) atoms. The van der Waals surface area contributed by atoms with Crippen molar-refractivity contribution >= 4 is 35.5 Å². The first-order chi connectivity index (χ1) is 9.65. The molecule has 0 saturated heterocycles. The number of carbonyl (C=O) groups is 1. The lowest BCUT2D eigenvalue weighted by molar-refractivity contribution is -0.117. The van der Waals surface area contributed by atoms with Crippen LogP contribution in [0.2, 0.25) is 0 Å². The second kappa shape index (κ2) is 9.91. The number of nitrogens with one attached hydrogen (secondary N) is 1. The number of hydrogen-bond acceptors (Lipinski definition) is 4. The highest BCUT2D eigenvalue weighted by atomic mass is 32.2. The number of thioether (sulfide) groups is 2. The Balaban J connectivity index is 2.42. The maximum absolute atomic E-state index is 11.8. The molecule has 3 nitrogen and oxygen atoms in total. The van der Waals surface area contributed by atoms with E-state index in [1.807, 2.05) is 37.4 Å². The first-order valence-electron chi connectivity index (χ1n) is 6.38. The quantitative estimate of drug-likeness (QED) is 0.440. The van der Waals surface area contributed by atoms with Crippen molar-refractivity contribution in [2.24, 2.45) is 0 Å². The predicted octanol–water partition coefficient (Wildman–Crippen LogP) is 2.54. The van der Waals surface area contributed by atoms with E-state index < -0.39 is 0 Å². The standard InChI is InChI=1S/C15H21NO2S2/c1-12-3-5-13(6-4-12)7-8-15(18)16-14(9-17)10-20-11-19-2/h3-8,14,17H,9-11H2,1-2H3,(H,16,18)/b8-7+. The van der Waals surface area contributed by atoms with E-state index in [4.69, 9.17) is 0 Å². The second-order valence-electron chi connectivity index (χ2n) is 4.41. The third kappa shape index (κ3) is 7.03. The number of rotatable bonds is 8. The second-order valence-corrected chi connectivity index (χ2v) is 6.67. The number of benzene rings is 1. The zero-order valence-electron chi connectivity index (χ0n) is 11.8. The fraction of sp³-hybridized carbons (Fsp3) is 0.400. The molecule has 0 saturated carbocycles. The average Bonchev–Trinajstić information content (AvgIpc) is 2.46. The van der Waals surface area contributed by atoms with Crippen molar-refractivity contribution in [1.82, 2.24) is 5.32 Å². The van der Waals surface area contributed by atoms with Crippen LogP contribution in [-0.4, -0.2) is 40.8 Å². The molecule has 0 spiro atoms. The molecule has 5 heteroatoms. The highest BCUT2D eigenvalue weighted by Gasteiger charge is 2.09. The minimum atomic E-state index is -0.192. The molecule has 1 atom stereocenters. The van der Waals surface area contributed by atoms with Crippen LogP contribution in [0.3, 0.4) is 0 Å². The van der Waals surface area contributed by atoms with E-state index in [-0.39, 0.29) is 18.6 Å². The third-order valence-corrected chi connectivity index (χ3v) is 4.84. The van der Waals surface area contributed by atoms with Crippen molar-refractivity contribution in [3.63, 3.8) is 0 Å². The van der Waals surface area contributed by atoms with Crippen LogP contribution in [0.5, 0.6) is 0 Å². The lowest BCUT2D eigenvalue weighted by Crippen LogP contribution is -2.38. The van der Waals surface area contributed by atoms with Crippen LogP contribution in [0.4, 0.5) is 0 Å². The maximum Gasteiger partial charge on any atom is 0.244 e. The Kier molecular flexibility index (Phi) is 8.49. The maximum atomic E-state index is 11.8. The summed E-state index contributed by atoms with van der Waals surface area (Å²) in [4.78, 5) is 11.8. The molecule has 0 aliphatic heterocycles. The van der Waals surface area contributed by atoms with Gasteiger partial charge in [-0.1, -0.05) is 29.8 Å². The minimum absolute atomic E-state index is 0.0362. The summed E-state index contributed by atoms with van der Waals surface area (Å²) in [6, 6.07) is 7.76. The molecular formula is C15H21NO2S2. The van der Waals surface area contributed by atoms with E-state index in [1.165, 1.54) is 11.6 Å². The van der Waals surface area contributed by atoms with E-state index in [1.54, 1.807) is 29.6 Å². The van der Waals surface area contributed by atoms with Gasteiger partial charge in [0.15, 0.2) is 0 Å². The number of aliphatic hydroxyl groups excluding tert-OH is 1. The SMILES string of the molecule is CSCSCC(CO)NC(=O)/C=C/c1ccc(C)cc1. The van der Waals surface area contributed by atoms with E-state index in [0.717, 1.165) is 16.4 Å². The minimum Gasteiger partial charge on any atom is -0.394 e. The molecule has 0 radical (unpaired) electrons. The fourth-order valence-electron chi connectivity index (χ4n) is 1.51. The van der Waals surface area contributed by atoms with Gasteiger partial charge in [0.2, 0.25) is 5.91 Å². The van der Waals surface area contributed by atoms with Crippen LogP contribution in [0, 0.1) is 6.92 Å². The van der Waals surface area contributed by atoms with Gasteiger partial charge in [-0.05, 0) is 24.8 Å². The van der Waals surface area contributed by atoms with Crippen LogP contribution >= 0.6 is 23.5 Å². The van der Waals surface area contributed by atoms with Crippen LogP contribution in [0.1, 0.15) is 11.1 Å². The molecule has 0 aromatic heterocycles. The summed E-state index contributed by atoms with van der Waals surface area (Å²) in [5, 5.41) is 13.0. The van der Waals surface area contributed by atoms with Gasteiger partial charge in [-0.3, -0.25) is 4.79 Å². The fourth-order valence-corrected chi connectivity index (χ4v) is 3.04. The van der Waals surface area contributed by atoms with Crippen molar-refractivity contribution in [2.75, 3.05) is 23.7 Å². The van der Waals surface area contributed by atoms with Gasteiger partial charge in [0, 0.05) is 16.9 Å². The topological polar surface area (TPSA) is 49.3 Å². The molecule has 0 bridgehead atoms. The third-order valence-electron chi connectivity index (χ3n) is 2.59. The largest absolute Gasteiger partial charge is 0.394 e. The summed E-state index contributed by atoms with van der Waals surface area (Å²) < 4.78 is 0. The van der Waals surface area contributed by atoms with Gasteiger partial charge >= 0.3 is 0 Å². The molecule has 1 aromatic rings. The number of aryl methyl sites for hydroxylation is 1. The summed E-state index contributed by atoms with van der Waals surface area (Å²) in [6.45, 7) is 1.99. The molecule has 2 N–H and O–H groups in total. The number of aliphatic hydroxyl groups is 1. The zero-order chi connectivity index (χ0) is 14.8. The molecule has 110 valence electrons. The van der Waals surface area contributed by atoms with Gasteiger partial charge in [-0.2, -0.15) is 11.8 Å². The normalized spacial score (nSPS) is 12.6. The molecule has 0 aliphatic carbocycles. The van der Waals surface area contributed by atoms with Crippen LogP contribution in [0.25, 0.3) is 6.08 Å². The summed E-state index contributed by atoms with van der Waals surface area (Å²) >= 11 is 3.44. The molecule has 1 unspecified atom stereocenters. The van der Waals surface area contributed by atoms with Crippen molar-refractivity contribution in [1.29, 1.82) is 0 Å². The number of amides is 1. The number of hydrogen-bond donors (Lipinski definition) is 2. The van der Waals surface area contributed by atoms with E-state index in [2.05, 4.69) is 5.32 Å². The van der Waals surface area contributed by atoms with Crippen molar-refractivity contribution < 1.29 is 9.90 Å². The summed E-state index contributed by atoms with van der Waals surface area (Å²) in [6.07, 6.45) is 5.31. The zero-order valence-corrected chi connectivity index (χ0v) is 13.5. The highest BCUT2D eigenvalue weighted by Crippen LogP contribution is 2.10. The van der Waals surface area contributed by atoms with Crippen LogP contribution in [0.15, 0.2) is 30.3 Å². The van der Waals surface area contributed by atoms with E-state index in [0.29, 0.717) is 0 Å². The first-order valence-corrected chi connectivity index (χ1v) is 8.93. The Morgan fingerprint density at radius 1 is 1.40 bits per heavy atom. The Morgan fingerprint density at radius 3 is 2.70 bits per heavy atom. The smallest absolute Gasteiger partial charge is 0.244 e. The average molecular weight is 311 g/mol. The lowest BCUT2D eigenvalue weighted by Gasteiger charge is -2.14. The van der Waals surface area contributed by atoms with Crippen LogP contribution < -0.4 is 5.32 Å². The first kappa shape index (κ1) is 17.1. The molecule has 0 fully saturated rings. The van der Waals surface area contributed by atoms with Gasteiger partial charge in [-0.15, -0.1) is 11.8 Å². The molecule has 0 aliphatic rings. The molecule has 1 amide bonds. The Hall–Kier alpha value is -0.910. The van der Waals surface area contributed by atoms with Crippen molar-refractivity contribution in [2.45, 2.75) is 13.0 Å². The predicted molar refractivity (Wildman–Crippen MR) is 90.1 cm³/mol. The van der Waals surface area contributed by atoms with Gasteiger partial charge < -0.3 is 10.4 Å². The van der Waals surface area contributed by atoms with Gasteiger partial charge in [0.1, 0.15) is 0 Å². The summed E-state index contributed by atoms with van der Waals surface area (Å²) in [7, 11) is 0. The van der Waals surface area contributed by atoms with E-state index in [9.17, 15) is 9.90 Å². The Bertz CT molecular complexity index is 432. The van der Waals surface area contributed by atoms with Crippen LogP contribution in [-0.2, 0) is 4.79 Å². The summed E-state index contributed by atoms with van der Waals surface area (Å²) in [5.41, 5.74) is 2.18. The number of carbonyl (C=O) groups excluding carboxylic acids is 1. The van der Waals surface area contributed by atoms with Crippen molar-refractivity contribution in [3.05, 3.63) is 41.5 Å². The van der Waals surface area contributed by atoms with Gasteiger partial charge in [0.05, 0.1) is 12.6 Å². The molecule has 0 heterocycles. The lowest BCUT2D eigenvalue weighted by atomic mass is 10.1. The van der Waals surface area contributed by atoms with Gasteiger partial charge in [-0.25, -0.2) is 0 Å². The Labute approximate surface area is 129 Å². The Morgan fingerprint density at radius 2 is 2.10 bits per heavy atom. The highest BCUT2D eigenvalue weighted by molar-refractivity contribution is 8.15. The molecule has 1 aromatic carbocycles. The summed E-state index contributed by atoms with van der Waals surface area (Å²) in [5.74, 6) is 0.552. The van der Waals surface area contributed by atoms with Crippen molar-refractivity contribution in [3.8, 4) is 0 Å². The van der Waals surface area contributed by atoms with Gasteiger partial charge in [0.25, 0.3) is 0 Å². The monoisotopic (exact) mass is 311 g/mol. The molecular weight excluding hydrogens is 290 g/mol. The van der Waals surface area contributed by atoms with E-state index >= 15 is 0 Å².